The Morgan fingerprint density at radius 2 is 2.10 bits per heavy atom. The van der Waals surface area contributed by atoms with Gasteiger partial charge in [-0.3, -0.25) is 0 Å². The monoisotopic (exact) mass is 292 g/mol. The van der Waals surface area contributed by atoms with Gasteiger partial charge in [0, 0.05) is 16.6 Å². The molecule has 0 spiro atoms. The van der Waals surface area contributed by atoms with E-state index in [2.05, 4.69) is 24.5 Å². The van der Waals surface area contributed by atoms with Gasteiger partial charge in [0.05, 0.1) is 0 Å². The fourth-order valence-corrected chi connectivity index (χ4v) is 3.28. The number of rotatable bonds is 3. The van der Waals surface area contributed by atoms with E-state index in [1.807, 2.05) is 30.5 Å². The van der Waals surface area contributed by atoms with Crippen molar-refractivity contribution < 1.29 is 4.79 Å². The van der Waals surface area contributed by atoms with Gasteiger partial charge >= 0.3 is 6.03 Å². The predicted molar refractivity (Wildman–Crippen MR) is 86.3 cm³/mol. The van der Waals surface area contributed by atoms with E-state index < -0.39 is 0 Å². The third-order valence-electron chi connectivity index (χ3n) is 4.35. The van der Waals surface area contributed by atoms with Crippen molar-refractivity contribution in [2.75, 3.05) is 11.6 Å². The van der Waals surface area contributed by atoms with Gasteiger partial charge < -0.3 is 10.6 Å². The SMILES string of the molecule is CSc1cccc(NC(=O)N[C@@H]2CCC[C@H](C)[C@@H]2C)c1. The van der Waals surface area contributed by atoms with Gasteiger partial charge in [-0.05, 0) is 42.7 Å². The van der Waals surface area contributed by atoms with Crippen LogP contribution in [-0.4, -0.2) is 18.3 Å². The maximum Gasteiger partial charge on any atom is 0.319 e. The fraction of sp³-hybridized carbons (Fsp3) is 0.562. The maximum absolute atomic E-state index is 12.1. The van der Waals surface area contributed by atoms with E-state index >= 15 is 0 Å². The van der Waals surface area contributed by atoms with E-state index in [1.54, 1.807) is 11.8 Å². The van der Waals surface area contributed by atoms with Crippen LogP contribution in [0.3, 0.4) is 0 Å². The summed E-state index contributed by atoms with van der Waals surface area (Å²) < 4.78 is 0. The van der Waals surface area contributed by atoms with Crippen molar-refractivity contribution in [2.24, 2.45) is 11.8 Å². The summed E-state index contributed by atoms with van der Waals surface area (Å²) in [5.74, 6) is 1.24. The number of urea groups is 1. The van der Waals surface area contributed by atoms with Crippen LogP contribution in [0.25, 0.3) is 0 Å². The minimum Gasteiger partial charge on any atom is -0.335 e. The second-order valence-corrected chi connectivity index (χ2v) is 6.58. The summed E-state index contributed by atoms with van der Waals surface area (Å²) in [4.78, 5) is 13.3. The highest BCUT2D eigenvalue weighted by Crippen LogP contribution is 2.29. The molecule has 1 aliphatic carbocycles. The number of hydrogen-bond acceptors (Lipinski definition) is 2. The van der Waals surface area contributed by atoms with E-state index in [9.17, 15) is 4.79 Å². The standard InChI is InChI=1S/C16H24N2OS/c1-11-6-4-9-15(12(11)2)18-16(19)17-13-7-5-8-14(10-13)20-3/h5,7-8,10-12,15H,4,6,9H2,1-3H3,(H2,17,18,19)/t11-,12-,15+/m0/s1. The molecule has 3 nitrogen and oxygen atoms in total. The molecular weight excluding hydrogens is 268 g/mol. The number of thioether (sulfide) groups is 1. The Balaban J connectivity index is 1.91. The van der Waals surface area contributed by atoms with Gasteiger partial charge in [0.2, 0.25) is 0 Å². The van der Waals surface area contributed by atoms with E-state index in [0.717, 1.165) is 17.0 Å². The van der Waals surface area contributed by atoms with Crippen LogP contribution < -0.4 is 10.6 Å². The third-order valence-corrected chi connectivity index (χ3v) is 5.08. The summed E-state index contributed by atoms with van der Waals surface area (Å²) in [5.41, 5.74) is 0.853. The molecule has 2 rings (SSSR count). The second-order valence-electron chi connectivity index (χ2n) is 5.70. The van der Waals surface area contributed by atoms with E-state index in [-0.39, 0.29) is 6.03 Å². The molecular formula is C16H24N2OS. The van der Waals surface area contributed by atoms with Gasteiger partial charge in [-0.1, -0.05) is 32.8 Å². The Bertz CT molecular complexity index is 464. The van der Waals surface area contributed by atoms with Crippen LogP contribution in [-0.2, 0) is 0 Å². The van der Waals surface area contributed by atoms with E-state index in [4.69, 9.17) is 0 Å². The van der Waals surface area contributed by atoms with Gasteiger partial charge in [0.25, 0.3) is 0 Å². The average molecular weight is 292 g/mol. The predicted octanol–water partition coefficient (Wildman–Crippen LogP) is 4.35. The second kappa shape index (κ2) is 7.02. The van der Waals surface area contributed by atoms with Gasteiger partial charge in [-0.25, -0.2) is 4.79 Å². The van der Waals surface area contributed by atoms with Gasteiger partial charge in [0.1, 0.15) is 0 Å². The minimum absolute atomic E-state index is 0.0887. The molecule has 1 aliphatic rings. The number of benzene rings is 1. The van der Waals surface area contributed by atoms with Crippen LogP contribution in [0.1, 0.15) is 33.1 Å². The zero-order valence-corrected chi connectivity index (χ0v) is 13.3. The lowest BCUT2D eigenvalue weighted by Gasteiger charge is -2.34. The van der Waals surface area contributed by atoms with Crippen molar-refractivity contribution in [3.8, 4) is 0 Å². The minimum atomic E-state index is -0.0887. The highest BCUT2D eigenvalue weighted by molar-refractivity contribution is 7.98. The fourth-order valence-electron chi connectivity index (χ4n) is 2.82. The van der Waals surface area contributed by atoms with Crippen molar-refractivity contribution in [1.29, 1.82) is 0 Å². The number of hydrogen-bond donors (Lipinski definition) is 2. The highest BCUT2D eigenvalue weighted by Gasteiger charge is 2.28. The number of carbonyl (C=O) groups is 1. The lowest BCUT2D eigenvalue weighted by Crippen LogP contribution is -2.45. The van der Waals surface area contributed by atoms with Crippen LogP contribution in [0.15, 0.2) is 29.2 Å². The molecule has 0 bridgehead atoms. The molecule has 1 saturated carbocycles. The van der Waals surface area contributed by atoms with Crippen molar-refractivity contribution in [3.63, 3.8) is 0 Å². The van der Waals surface area contributed by atoms with Crippen LogP contribution >= 0.6 is 11.8 Å². The molecule has 1 aromatic carbocycles. The number of nitrogens with one attached hydrogen (secondary N) is 2. The zero-order valence-electron chi connectivity index (χ0n) is 12.5. The van der Waals surface area contributed by atoms with Crippen LogP contribution in [0.5, 0.6) is 0 Å². The lowest BCUT2D eigenvalue weighted by molar-refractivity contribution is 0.201. The summed E-state index contributed by atoms with van der Waals surface area (Å²) in [5, 5.41) is 6.06. The van der Waals surface area contributed by atoms with Gasteiger partial charge in [-0.2, -0.15) is 0 Å². The normalized spacial score (nSPS) is 26.1. The largest absolute Gasteiger partial charge is 0.335 e. The first-order valence-corrected chi connectivity index (χ1v) is 8.54. The topological polar surface area (TPSA) is 41.1 Å². The van der Waals surface area contributed by atoms with Gasteiger partial charge in [0.15, 0.2) is 0 Å². The number of anilines is 1. The molecule has 110 valence electrons. The molecule has 0 aliphatic heterocycles. The molecule has 20 heavy (non-hydrogen) atoms. The Hall–Kier alpha value is -1.16. The Labute approximate surface area is 125 Å². The molecule has 0 aromatic heterocycles. The Kier molecular flexibility index (Phi) is 5.35. The number of carbonyl (C=O) groups excluding carboxylic acids is 1. The summed E-state index contributed by atoms with van der Waals surface area (Å²) in [6.45, 7) is 4.52. The summed E-state index contributed by atoms with van der Waals surface area (Å²) >= 11 is 1.67. The van der Waals surface area contributed by atoms with Crippen LogP contribution in [0.2, 0.25) is 0 Å². The highest BCUT2D eigenvalue weighted by atomic mass is 32.2. The smallest absolute Gasteiger partial charge is 0.319 e. The van der Waals surface area contributed by atoms with Crippen molar-refractivity contribution in [3.05, 3.63) is 24.3 Å². The Morgan fingerprint density at radius 1 is 1.30 bits per heavy atom. The molecule has 2 N–H and O–H groups in total. The molecule has 0 saturated heterocycles. The van der Waals surface area contributed by atoms with Crippen LogP contribution in [0, 0.1) is 11.8 Å². The van der Waals surface area contributed by atoms with Gasteiger partial charge in [-0.15, -0.1) is 11.8 Å². The lowest BCUT2D eigenvalue weighted by atomic mass is 9.78. The summed E-state index contributed by atoms with van der Waals surface area (Å²) in [6.07, 6.45) is 5.60. The first kappa shape index (κ1) is 15.2. The van der Waals surface area contributed by atoms with Crippen molar-refractivity contribution >= 4 is 23.5 Å². The van der Waals surface area contributed by atoms with E-state index in [1.165, 1.54) is 12.8 Å². The average Bonchev–Trinajstić information content (AvgIpc) is 2.44. The molecule has 0 radical (unpaired) electrons. The van der Waals surface area contributed by atoms with Crippen molar-refractivity contribution in [1.82, 2.24) is 5.32 Å². The Morgan fingerprint density at radius 3 is 2.85 bits per heavy atom. The first-order valence-electron chi connectivity index (χ1n) is 7.31. The number of amides is 2. The first-order chi connectivity index (χ1) is 9.60. The molecule has 2 amide bonds. The quantitative estimate of drug-likeness (QED) is 0.813. The zero-order chi connectivity index (χ0) is 14.5. The summed E-state index contributed by atoms with van der Waals surface area (Å²) in [6, 6.07) is 8.13. The van der Waals surface area contributed by atoms with Crippen LogP contribution in [0.4, 0.5) is 10.5 Å². The molecule has 1 aromatic rings. The van der Waals surface area contributed by atoms with E-state index in [0.29, 0.717) is 17.9 Å². The molecule has 4 heteroatoms. The molecule has 0 heterocycles. The maximum atomic E-state index is 12.1. The molecule has 0 unspecified atom stereocenters. The third kappa shape index (κ3) is 3.92. The summed E-state index contributed by atoms with van der Waals surface area (Å²) in [7, 11) is 0. The van der Waals surface area contributed by atoms with Crippen molar-refractivity contribution in [2.45, 2.75) is 44.0 Å². The molecule has 3 atom stereocenters. The molecule has 1 fully saturated rings.